The molecule has 0 unspecified atom stereocenters. The van der Waals surface area contributed by atoms with Gasteiger partial charge in [0.15, 0.2) is 0 Å². The molecular formula is C21H15ClN2O3. The third kappa shape index (κ3) is 3.88. The van der Waals surface area contributed by atoms with Gasteiger partial charge in [0, 0.05) is 35.5 Å². The molecule has 0 fully saturated rings. The number of aromatic nitrogens is 1. The molecule has 0 saturated heterocycles. The van der Waals surface area contributed by atoms with Crippen LogP contribution in [0.1, 0.15) is 11.1 Å². The van der Waals surface area contributed by atoms with Crippen LogP contribution in [0.3, 0.4) is 0 Å². The summed E-state index contributed by atoms with van der Waals surface area (Å²) in [4.78, 5) is 14.7. The number of halogens is 1. The standard InChI is InChI=1S/C21H14N2O3.ClH/c24-23(25)19-3-1-2-17(14-19)20-13-16(12-18-8-11-26-21(18)20)5-4-15-6-9-22-10-7-15;/h1-14H;1H/b5-4+;. The van der Waals surface area contributed by atoms with Gasteiger partial charge >= 0.3 is 0 Å². The number of non-ortho nitro benzene ring substituents is 1. The van der Waals surface area contributed by atoms with Gasteiger partial charge in [-0.2, -0.15) is 0 Å². The van der Waals surface area contributed by atoms with Crippen molar-refractivity contribution < 1.29 is 9.34 Å². The first-order chi connectivity index (χ1) is 12.7. The molecule has 0 spiro atoms. The van der Waals surface area contributed by atoms with Gasteiger partial charge in [-0.25, -0.2) is 0 Å². The van der Waals surface area contributed by atoms with Crippen LogP contribution in [0.25, 0.3) is 34.2 Å². The van der Waals surface area contributed by atoms with Crippen LogP contribution in [-0.4, -0.2) is 9.91 Å². The van der Waals surface area contributed by atoms with E-state index in [0.717, 1.165) is 27.6 Å². The summed E-state index contributed by atoms with van der Waals surface area (Å²) >= 11 is 0. The van der Waals surface area contributed by atoms with E-state index in [-0.39, 0.29) is 18.1 Å². The zero-order chi connectivity index (χ0) is 17.9. The van der Waals surface area contributed by atoms with Crippen LogP contribution in [0, 0.1) is 10.1 Å². The van der Waals surface area contributed by atoms with Gasteiger partial charge < -0.3 is 4.42 Å². The third-order valence-corrected chi connectivity index (χ3v) is 4.12. The predicted molar refractivity (Wildman–Crippen MR) is 109 cm³/mol. The van der Waals surface area contributed by atoms with Crippen molar-refractivity contribution in [1.82, 2.24) is 4.98 Å². The monoisotopic (exact) mass is 378 g/mol. The lowest BCUT2D eigenvalue weighted by molar-refractivity contribution is -0.384. The van der Waals surface area contributed by atoms with Crippen molar-refractivity contribution in [3.05, 3.63) is 94.5 Å². The zero-order valence-electron chi connectivity index (χ0n) is 14.1. The first-order valence-electron chi connectivity index (χ1n) is 8.05. The Kier molecular flexibility index (Phi) is 5.33. The number of hydrogen-bond acceptors (Lipinski definition) is 4. The van der Waals surface area contributed by atoms with E-state index >= 15 is 0 Å². The summed E-state index contributed by atoms with van der Waals surface area (Å²) < 4.78 is 5.62. The summed E-state index contributed by atoms with van der Waals surface area (Å²) in [6.45, 7) is 0. The molecule has 4 rings (SSSR count). The normalized spacial score (nSPS) is 10.8. The third-order valence-electron chi connectivity index (χ3n) is 4.12. The van der Waals surface area contributed by atoms with Crippen molar-refractivity contribution in [2.75, 3.05) is 0 Å². The minimum Gasteiger partial charge on any atom is -0.464 e. The molecule has 0 N–H and O–H groups in total. The van der Waals surface area contributed by atoms with Crippen molar-refractivity contribution in [3.63, 3.8) is 0 Å². The number of nitrogens with zero attached hydrogens (tertiary/aromatic N) is 2. The first kappa shape index (κ1) is 18.4. The lowest BCUT2D eigenvalue weighted by Gasteiger charge is -2.05. The molecule has 0 radical (unpaired) electrons. The van der Waals surface area contributed by atoms with E-state index in [4.69, 9.17) is 4.42 Å². The summed E-state index contributed by atoms with van der Waals surface area (Å²) in [6.07, 6.45) is 9.12. The molecule has 6 heteroatoms. The molecule has 5 nitrogen and oxygen atoms in total. The lowest BCUT2D eigenvalue weighted by Crippen LogP contribution is -1.88. The summed E-state index contributed by atoms with van der Waals surface area (Å²) in [7, 11) is 0. The van der Waals surface area contributed by atoms with Crippen molar-refractivity contribution in [1.29, 1.82) is 0 Å². The van der Waals surface area contributed by atoms with Gasteiger partial charge in [-0.3, -0.25) is 15.1 Å². The second-order valence-electron chi connectivity index (χ2n) is 5.83. The number of pyridine rings is 1. The van der Waals surface area contributed by atoms with E-state index in [0.29, 0.717) is 5.58 Å². The largest absolute Gasteiger partial charge is 0.464 e. The highest BCUT2D eigenvalue weighted by atomic mass is 35.5. The van der Waals surface area contributed by atoms with Crippen LogP contribution < -0.4 is 0 Å². The number of furan rings is 1. The van der Waals surface area contributed by atoms with Gasteiger partial charge in [0.1, 0.15) is 5.58 Å². The van der Waals surface area contributed by atoms with Gasteiger partial charge in [-0.05, 0) is 47.0 Å². The number of hydrogen-bond donors (Lipinski definition) is 0. The SMILES string of the molecule is Cl.O=[N+]([O-])c1cccc(-c2cc(/C=C/c3ccncc3)cc3ccoc23)c1. The molecule has 0 bridgehead atoms. The second-order valence-corrected chi connectivity index (χ2v) is 5.83. The number of fused-ring (bicyclic) bond motifs is 1. The van der Waals surface area contributed by atoms with Crippen molar-refractivity contribution in [3.8, 4) is 11.1 Å². The molecule has 27 heavy (non-hydrogen) atoms. The number of rotatable bonds is 4. The van der Waals surface area contributed by atoms with Gasteiger partial charge in [-0.15, -0.1) is 12.4 Å². The summed E-state index contributed by atoms with van der Waals surface area (Å²) in [5.74, 6) is 0. The van der Waals surface area contributed by atoms with Gasteiger partial charge in [-0.1, -0.05) is 24.3 Å². The number of nitro groups is 1. The van der Waals surface area contributed by atoms with Crippen molar-refractivity contribution >= 4 is 41.2 Å². The fraction of sp³-hybridized carbons (Fsp3) is 0. The Balaban J connectivity index is 0.00000210. The Hall–Kier alpha value is -3.44. The summed E-state index contributed by atoms with van der Waals surface area (Å²) in [5, 5.41) is 12.0. The Morgan fingerprint density at radius 3 is 2.52 bits per heavy atom. The Morgan fingerprint density at radius 1 is 0.963 bits per heavy atom. The molecule has 0 aliphatic heterocycles. The number of benzene rings is 2. The highest BCUT2D eigenvalue weighted by molar-refractivity contribution is 5.95. The quantitative estimate of drug-likeness (QED) is 0.323. The topological polar surface area (TPSA) is 69.2 Å². The predicted octanol–water partition coefficient (Wildman–Crippen LogP) is 6.00. The fourth-order valence-corrected chi connectivity index (χ4v) is 2.87. The minimum absolute atomic E-state index is 0. The maximum Gasteiger partial charge on any atom is 0.270 e. The molecule has 0 saturated carbocycles. The summed E-state index contributed by atoms with van der Waals surface area (Å²) in [6, 6.07) is 16.3. The van der Waals surface area contributed by atoms with Gasteiger partial charge in [0.25, 0.3) is 5.69 Å². The van der Waals surface area contributed by atoms with E-state index in [1.54, 1.807) is 30.8 Å². The molecular weight excluding hydrogens is 364 g/mol. The molecule has 134 valence electrons. The van der Waals surface area contributed by atoms with E-state index in [9.17, 15) is 10.1 Å². The van der Waals surface area contributed by atoms with Crippen LogP contribution in [0.2, 0.25) is 0 Å². The molecule has 0 amide bonds. The highest BCUT2D eigenvalue weighted by Crippen LogP contribution is 2.33. The molecule has 0 aliphatic carbocycles. The Bertz CT molecular complexity index is 1120. The van der Waals surface area contributed by atoms with Crippen LogP contribution in [0.15, 0.2) is 77.7 Å². The van der Waals surface area contributed by atoms with Crippen molar-refractivity contribution in [2.24, 2.45) is 0 Å². The van der Waals surface area contributed by atoms with Crippen LogP contribution in [0.5, 0.6) is 0 Å². The van der Waals surface area contributed by atoms with E-state index < -0.39 is 4.92 Å². The van der Waals surface area contributed by atoms with Crippen LogP contribution >= 0.6 is 12.4 Å². The molecule has 2 heterocycles. The van der Waals surface area contributed by atoms with E-state index in [1.807, 2.05) is 48.6 Å². The maximum absolute atomic E-state index is 11.1. The van der Waals surface area contributed by atoms with Crippen LogP contribution in [0.4, 0.5) is 5.69 Å². The minimum atomic E-state index is -0.393. The second kappa shape index (κ2) is 7.85. The van der Waals surface area contributed by atoms with E-state index in [1.165, 1.54) is 6.07 Å². The molecule has 0 atom stereocenters. The highest BCUT2D eigenvalue weighted by Gasteiger charge is 2.12. The van der Waals surface area contributed by atoms with Crippen LogP contribution in [-0.2, 0) is 0 Å². The smallest absolute Gasteiger partial charge is 0.270 e. The van der Waals surface area contributed by atoms with Gasteiger partial charge in [0.2, 0.25) is 0 Å². The molecule has 2 aromatic heterocycles. The lowest BCUT2D eigenvalue weighted by atomic mass is 9.99. The van der Waals surface area contributed by atoms with E-state index in [2.05, 4.69) is 4.98 Å². The average Bonchev–Trinajstić information content (AvgIpc) is 3.15. The Labute approximate surface area is 161 Å². The summed E-state index contributed by atoms with van der Waals surface area (Å²) in [5.41, 5.74) is 4.37. The van der Waals surface area contributed by atoms with Crippen molar-refractivity contribution in [2.45, 2.75) is 0 Å². The zero-order valence-corrected chi connectivity index (χ0v) is 14.9. The number of nitro benzene ring substituents is 1. The average molecular weight is 379 g/mol. The molecule has 4 aromatic rings. The van der Waals surface area contributed by atoms with Gasteiger partial charge in [0.05, 0.1) is 11.2 Å². The fourth-order valence-electron chi connectivity index (χ4n) is 2.87. The maximum atomic E-state index is 11.1. The molecule has 2 aromatic carbocycles. The molecule has 0 aliphatic rings. The Morgan fingerprint density at radius 2 is 1.74 bits per heavy atom. The first-order valence-corrected chi connectivity index (χ1v) is 8.05.